The molecule has 1 fully saturated rings. The third kappa shape index (κ3) is 4.09. The number of carbonyl (C=O) groups is 1. The maximum Gasteiger partial charge on any atom is 0.416 e. The van der Waals surface area contributed by atoms with E-state index in [0.29, 0.717) is 25.3 Å². The number of hydrogen-bond donors (Lipinski definition) is 0. The summed E-state index contributed by atoms with van der Waals surface area (Å²) in [5, 5.41) is 0. The largest absolute Gasteiger partial charge is 0.497 e. The van der Waals surface area contributed by atoms with E-state index in [4.69, 9.17) is 9.47 Å². The third-order valence-electron chi connectivity index (χ3n) is 4.25. The lowest BCUT2D eigenvalue weighted by Gasteiger charge is -2.18. The second-order valence-corrected chi connectivity index (χ2v) is 6.03. The molecule has 0 aliphatic carbocycles. The molecule has 1 atom stereocenters. The van der Waals surface area contributed by atoms with E-state index in [-0.39, 0.29) is 17.6 Å². The molecule has 1 aliphatic rings. The van der Waals surface area contributed by atoms with Crippen LogP contribution in [0.2, 0.25) is 0 Å². The van der Waals surface area contributed by atoms with Crippen molar-refractivity contribution < 1.29 is 27.4 Å². The Hall–Kier alpha value is -2.70. The highest BCUT2D eigenvalue weighted by molar-refractivity contribution is 5.94. The van der Waals surface area contributed by atoms with Crippen LogP contribution >= 0.6 is 0 Å². The summed E-state index contributed by atoms with van der Waals surface area (Å²) < 4.78 is 48.8. The first-order valence-electron chi connectivity index (χ1n) is 8.14. The Kier molecular flexibility index (Phi) is 5.06. The van der Waals surface area contributed by atoms with Crippen LogP contribution in [0.15, 0.2) is 48.5 Å². The number of likely N-dealkylation sites (tertiary alicyclic amines) is 1. The fourth-order valence-corrected chi connectivity index (χ4v) is 2.84. The lowest BCUT2D eigenvalue weighted by Crippen LogP contribution is -2.31. The molecule has 2 aromatic carbocycles. The Labute approximate surface area is 149 Å². The highest BCUT2D eigenvalue weighted by atomic mass is 19.4. The van der Waals surface area contributed by atoms with Crippen LogP contribution in [0.1, 0.15) is 22.3 Å². The SMILES string of the molecule is COc1ccc(OC2CCN(C(=O)c3ccc(C(F)(F)F)cc3)C2)cc1. The molecule has 0 radical (unpaired) electrons. The fraction of sp³-hybridized carbons (Fsp3) is 0.316. The van der Waals surface area contributed by atoms with E-state index < -0.39 is 11.7 Å². The number of carbonyl (C=O) groups excluding carboxylic acids is 1. The number of methoxy groups -OCH3 is 1. The van der Waals surface area contributed by atoms with E-state index in [9.17, 15) is 18.0 Å². The van der Waals surface area contributed by atoms with Crippen molar-refractivity contribution in [3.8, 4) is 11.5 Å². The van der Waals surface area contributed by atoms with Gasteiger partial charge in [0.25, 0.3) is 5.91 Å². The molecule has 1 aliphatic heterocycles. The van der Waals surface area contributed by atoms with Gasteiger partial charge in [0.05, 0.1) is 19.2 Å². The van der Waals surface area contributed by atoms with Crippen LogP contribution < -0.4 is 9.47 Å². The summed E-state index contributed by atoms with van der Waals surface area (Å²) in [5.74, 6) is 1.11. The summed E-state index contributed by atoms with van der Waals surface area (Å²) in [6, 6.07) is 11.4. The van der Waals surface area contributed by atoms with Crippen LogP contribution in [0, 0.1) is 0 Å². The molecule has 0 N–H and O–H groups in total. The van der Waals surface area contributed by atoms with Crippen molar-refractivity contribution >= 4 is 5.91 Å². The van der Waals surface area contributed by atoms with Crippen molar-refractivity contribution in [2.24, 2.45) is 0 Å². The normalized spacial score (nSPS) is 17.2. The molecule has 1 unspecified atom stereocenters. The van der Waals surface area contributed by atoms with E-state index in [1.807, 2.05) is 0 Å². The van der Waals surface area contributed by atoms with E-state index in [0.717, 1.165) is 17.9 Å². The summed E-state index contributed by atoms with van der Waals surface area (Å²) in [6.45, 7) is 0.895. The van der Waals surface area contributed by atoms with Crippen molar-refractivity contribution in [1.82, 2.24) is 4.90 Å². The topological polar surface area (TPSA) is 38.8 Å². The quantitative estimate of drug-likeness (QED) is 0.822. The minimum absolute atomic E-state index is 0.151. The van der Waals surface area contributed by atoms with Crippen LogP contribution in [0.25, 0.3) is 0 Å². The number of halogens is 3. The molecule has 1 amide bonds. The first-order chi connectivity index (χ1) is 12.4. The van der Waals surface area contributed by atoms with Gasteiger partial charge in [-0.15, -0.1) is 0 Å². The van der Waals surface area contributed by atoms with Gasteiger partial charge in [0, 0.05) is 18.5 Å². The van der Waals surface area contributed by atoms with Gasteiger partial charge in [0.15, 0.2) is 0 Å². The van der Waals surface area contributed by atoms with E-state index in [1.165, 1.54) is 12.1 Å². The molecule has 26 heavy (non-hydrogen) atoms. The molecule has 138 valence electrons. The van der Waals surface area contributed by atoms with E-state index >= 15 is 0 Å². The lowest BCUT2D eigenvalue weighted by atomic mass is 10.1. The minimum atomic E-state index is -4.41. The number of benzene rings is 2. The second-order valence-electron chi connectivity index (χ2n) is 6.03. The first kappa shape index (κ1) is 18.1. The van der Waals surface area contributed by atoms with Gasteiger partial charge in [-0.2, -0.15) is 13.2 Å². The Morgan fingerprint density at radius 3 is 2.23 bits per heavy atom. The van der Waals surface area contributed by atoms with Gasteiger partial charge in [-0.1, -0.05) is 0 Å². The van der Waals surface area contributed by atoms with E-state index in [1.54, 1.807) is 36.3 Å². The Balaban J connectivity index is 1.59. The van der Waals surface area contributed by atoms with Gasteiger partial charge in [0.2, 0.25) is 0 Å². The molecule has 2 aromatic rings. The maximum absolute atomic E-state index is 12.6. The van der Waals surface area contributed by atoms with Gasteiger partial charge < -0.3 is 14.4 Å². The number of hydrogen-bond acceptors (Lipinski definition) is 3. The van der Waals surface area contributed by atoms with Crippen molar-refractivity contribution in [3.63, 3.8) is 0 Å². The predicted molar refractivity (Wildman–Crippen MR) is 89.4 cm³/mol. The van der Waals surface area contributed by atoms with Crippen LogP contribution in [0.5, 0.6) is 11.5 Å². The molecule has 1 saturated heterocycles. The predicted octanol–water partition coefficient (Wildman–Crippen LogP) is 4.01. The number of nitrogens with zero attached hydrogens (tertiary/aromatic N) is 1. The summed E-state index contributed by atoms with van der Waals surface area (Å²) in [4.78, 5) is 14.1. The highest BCUT2D eigenvalue weighted by Crippen LogP contribution is 2.29. The zero-order valence-electron chi connectivity index (χ0n) is 14.1. The van der Waals surface area contributed by atoms with Crippen molar-refractivity contribution in [2.75, 3.05) is 20.2 Å². The molecule has 0 saturated carbocycles. The Bertz CT molecular complexity index is 757. The number of alkyl halides is 3. The minimum Gasteiger partial charge on any atom is -0.497 e. The molecular weight excluding hydrogens is 347 g/mol. The molecule has 1 heterocycles. The van der Waals surface area contributed by atoms with Gasteiger partial charge in [0.1, 0.15) is 17.6 Å². The zero-order valence-corrected chi connectivity index (χ0v) is 14.1. The van der Waals surface area contributed by atoms with Gasteiger partial charge >= 0.3 is 6.18 Å². The molecule has 0 spiro atoms. The molecular formula is C19H18F3NO3. The summed E-state index contributed by atoms with van der Waals surface area (Å²) in [7, 11) is 1.58. The van der Waals surface area contributed by atoms with Crippen LogP contribution in [-0.2, 0) is 6.18 Å². The third-order valence-corrected chi connectivity index (χ3v) is 4.25. The Morgan fingerprint density at radius 1 is 1.04 bits per heavy atom. The molecule has 0 bridgehead atoms. The maximum atomic E-state index is 12.6. The smallest absolute Gasteiger partial charge is 0.416 e. The second kappa shape index (κ2) is 7.27. The van der Waals surface area contributed by atoms with Gasteiger partial charge in [-0.3, -0.25) is 4.79 Å². The molecule has 3 rings (SSSR count). The van der Waals surface area contributed by atoms with Gasteiger partial charge in [-0.25, -0.2) is 0 Å². The van der Waals surface area contributed by atoms with Crippen molar-refractivity contribution in [2.45, 2.75) is 18.7 Å². The van der Waals surface area contributed by atoms with Crippen LogP contribution in [-0.4, -0.2) is 37.1 Å². The number of ether oxygens (including phenoxy) is 2. The average Bonchev–Trinajstić information content (AvgIpc) is 3.09. The highest BCUT2D eigenvalue weighted by Gasteiger charge is 2.31. The molecule has 4 nitrogen and oxygen atoms in total. The number of amides is 1. The van der Waals surface area contributed by atoms with Crippen LogP contribution in [0.4, 0.5) is 13.2 Å². The average molecular weight is 365 g/mol. The standard InChI is InChI=1S/C19H18F3NO3/c1-25-15-6-8-16(9-7-15)26-17-10-11-23(12-17)18(24)13-2-4-14(5-3-13)19(20,21)22/h2-9,17H,10-12H2,1H3. The summed E-state index contributed by atoms with van der Waals surface area (Å²) >= 11 is 0. The zero-order chi connectivity index (χ0) is 18.7. The van der Waals surface area contributed by atoms with Crippen molar-refractivity contribution in [3.05, 3.63) is 59.7 Å². The molecule has 7 heteroatoms. The monoisotopic (exact) mass is 365 g/mol. The Morgan fingerprint density at radius 2 is 1.65 bits per heavy atom. The summed E-state index contributed by atoms with van der Waals surface area (Å²) in [6.07, 6.45) is -3.90. The van der Waals surface area contributed by atoms with Gasteiger partial charge in [-0.05, 0) is 48.5 Å². The lowest BCUT2D eigenvalue weighted by molar-refractivity contribution is -0.137. The van der Waals surface area contributed by atoms with Crippen LogP contribution in [0.3, 0.4) is 0 Å². The van der Waals surface area contributed by atoms with E-state index in [2.05, 4.69) is 0 Å². The summed E-state index contributed by atoms with van der Waals surface area (Å²) in [5.41, 5.74) is -0.528. The first-order valence-corrected chi connectivity index (χ1v) is 8.14. The molecule has 0 aromatic heterocycles. The number of rotatable bonds is 4. The van der Waals surface area contributed by atoms with Crippen molar-refractivity contribution in [1.29, 1.82) is 0 Å². The fourth-order valence-electron chi connectivity index (χ4n) is 2.84.